The standard InChI is InChI=1S/C27H26N2O3/c30-24(16-28-21-14-19-8-4-5-9-20(19)15-21)22-10-12-25(27-23(22)11-13-26(31)29-27)32-17-18-6-2-1-3-7-18/h1-13,21,24,28,30H,14-17H2,(H,29,31)/t24-/m0/s1. The van der Waals surface area contributed by atoms with Gasteiger partial charge in [-0.15, -0.1) is 0 Å². The number of aromatic amines is 1. The van der Waals surface area contributed by atoms with E-state index in [0.717, 1.165) is 29.4 Å². The Balaban J connectivity index is 1.33. The van der Waals surface area contributed by atoms with Crippen LogP contribution in [0.5, 0.6) is 5.75 Å². The summed E-state index contributed by atoms with van der Waals surface area (Å²) in [6.45, 7) is 0.843. The van der Waals surface area contributed by atoms with E-state index in [4.69, 9.17) is 4.74 Å². The average molecular weight is 427 g/mol. The molecule has 3 aromatic carbocycles. The number of rotatable bonds is 7. The zero-order valence-electron chi connectivity index (χ0n) is 17.8. The van der Waals surface area contributed by atoms with E-state index >= 15 is 0 Å². The van der Waals surface area contributed by atoms with Gasteiger partial charge in [-0.05, 0) is 47.2 Å². The summed E-state index contributed by atoms with van der Waals surface area (Å²) in [5.41, 5.74) is 4.98. The molecule has 0 saturated heterocycles. The number of H-pyrrole nitrogens is 1. The van der Waals surface area contributed by atoms with Gasteiger partial charge in [-0.1, -0.05) is 60.7 Å². The predicted molar refractivity (Wildman–Crippen MR) is 126 cm³/mol. The topological polar surface area (TPSA) is 74.3 Å². The molecule has 1 aromatic heterocycles. The van der Waals surface area contributed by atoms with Crippen LogP contribution < -0.4 is 15.6 Å². The first kappa shape index (κ1) is 20.5. The zero-order valence-corrected chi connectivity index (χ0v) is 17.8. The van der Waals surface area contributed by atoms with E-state index in [2.05, 4.69) is 34.6 Å². The fourth-order valence-electron chi connectivity index (χ4n) is 4.49. The molecular weight excluding hydrogens is 400 g/mol. The van der Waals surface area contributed by atoms with Crippen molar-refractivity contribution in [3.63, 3.8) is 0 Å². The van der Waals surface area contributed by atoms with Gasteiger partial charge in [0.1, 0.15) is 12.4 Å². The number of aliphatic hydroxyl groups is 1. The highest BCUT2D eigenvalue weighted by Crippen LogP contribution is 2.30. The first-order valence-corrected chi connectivity index (χ1v) is 11.0. The highest BCUT2D eigenvalue weighted by molar-refractivity contribution is 5.87. The second-order valence-electron chi connectivity index (χ2n) is 8.34. The molecule has 3 N–H and O–H groups in total. The lowest BCUT2D eigenvalue weighted by atomic mass is 10.0. The van der Waals surface area contributed by atoms with Gasteiger partial charge < -0.3 is 20.1 Å². The number of benzene rings is 3. The Bertz CT molecular complexity index is 1260. The normalized spacial score (nSPS) is 14.4. The SMILES string of the molecule is O=c1ccc2c([C@@H](O)CNC3Cc4ccccc4C3)ccc(OCc3ccccc3)c2[nH]1. The van der Waals surface area contributed by atoms with E-state index in [1.165, 1.54) is 17.2 Å². The number of nitrogens with one attached hydrogen (secondary N) is 2. The van der Waals surface area contributed by atoms with Crippen LogP contribution in [-0.2, 0) is 19.4 Å². The summed E-state index contributed by atoms with van der Waals surface area (Å²) in [5, 5.41) is 15.3. The molecule has 0 aliphatic heterocycles. The molecule has 0 amide bonds. The molecule has 0 fully saturated rings. The minimum absolute atomic E-state index is 0.199. The van der Waals surface area contributed by atoms with Gasteiger partial charge in [-0.2, -0.15) is 0 Å². The molecule has 0 saturated carbocycles. The van der Waals surface area contributed by atoms with Crippen LogP contribution in [0.2, 0.25) is 0 Å². The molecule has 4 aromatic rings. The second-order valence-corrected chi connectivity index (χ2v) is 8.34. The van der Waals surface area contributed by atoms with Gasteiger partial charge in [0.2, 0.25) is 5.56 Å². The molecule has 162 valence electrons. The number of aromatic nitrogens is 1. The maximum atomic E-state index is 12.0. The maximum absolute atomic E-state index is 12.0. The molecule has 1 aliphatic carbocycles. The number of pyridine rings is 1. The van der Waals surface area contributed by atoms with Gasteiger partial charge in [0.15, 0.2) is 0 Å². The first-order valence-electron chi connectivity index (χ1n) is 11.0. The number of ether oxygens (including phenoxy) is 1. The van der Waals surface area contributed by atoms with Crippen LogP contribution in [0.25, 0.3) is 10.9 Å². The van der Waals surface area contributed by atoms with Crippen molar-refractivity contribution < 1.29 is 9.84 Å². The third-order valence-corrected chi connectivity index (χ3v) is 6.14. The number of hydrogen-bond acceptors (Lipinski definition) is 4. The number of hydrogen-bond donors (Lipinski definition) is 3. The Kier molecular flexibility index (Phi) is 5.75. The molecule has 0 bridgehead atoms. The molecule has 32 heavy (non-hydrogen) atoms. The Morgan fingerprint density at radius 1 is 0.938 bits per heavy atom. The van der Waals surface area contributed by atoms with Crippen LogP contribution in [0.4, 0.5) is 0 Å². The maximum Gasteiger partial charge on any atom is 0.248 e. The van der Waals surface area contributed by atoms with Crippen LogP contribution in [-0.4, -0.2) is 22.7 Å². The van der Waals surface area contributed by atoms with Crippen molar-refractivity contribution >= 4 is 10.9 Å². The fraction of sp³-hybridized carbons (Fsp3) is 0.222. The summed E-state index contributed by atoms with van der Waals surface area (Å²) >= 11 is 0. The van der Waals surface area contributed by atoms with Crippen LogP contribution in [0.15, 0.2) is 83.7 Å². The molecule has 5 nitrogen and oxygen atoms in total. The van der Waals surface area contributed by atoms with Crippen LogP contribution >= 0.6 is 0 Å². The lowest BCUT2D eigenvalue weighted by Crippen LogP contribution is -2.33. The van der Waals surface area contributed by atoms with Crippen molar-refractivity contribution in [2.45, 2.75) is 31.6 Å². The predicted octanol–water partition coefficient (Wildman–Crippen LogP) is 3.90. The number of aliphatic hydroxyl groups excluding tert-OH is 1. The van der Waals surface area contributed by atoms with Crippen molar-refractivity contribution in [1.82, 2.24) is 10.3 Å². The van der Waals surface area contributed by atoms with Crippen molar-refractivity contribution in [3.8, 4) is 5.75 Å². The highest BCUT2D eigenvalue weighted by Gasteiger charge is 2.22. The van der Waals surface area contributed by atoms with Crippen molar-refractivity contribution in [2.75, 3.05) is 6.54 Å². The largest absolute Gasteiger partial charge is 0.487 e. The van der Waals surface area contributed by atoms with Crippen LogP contribution in [0.3, 0.4) is 0 Å². The highest BCUT2D eigenvalue weighted by atomic mass is 16.5. The lowest BCUT2D eigenvalue weighted by molar-refractivity contribution is 0.171. The summed E-state index contributed by atoms with van der Waals surface area (Å²) in [7, 11) is 0. The van der Waals surface area contributed by atoms with Crippen LogP contribution in [0, 0.1) is 0 Å². The van der Waals surface area contributed by atoms with Crippen LogP contribution in [0.1, 0.15) is 28.4 Å². The molecule has 0 unspecified atom stereocenters. The Labute approximate surface area is 186 Å². The molecule has 5 rings (SSSR count). The van der Waals surface area contributed by atoms with Gasteiger partial charge in [-0.25, -0.2) is 0 Å². The summed E-state index contributed by atoms with van der Waals surface area (Å²) in [4.78, 5) is 14.9. The minimum Gasteiger partial charge on any atom is -0.487 e. The van der Waals surface area contributed by atoms with Gasteiger partial charge in [0.05, 0.1) is 11.6 Å². The smallest absolute Gasteiger partial charge is 0.248 e. The van der Waals surface area contributed by atoms with E-state index in [1.807, 2.05) is 42.5 Å². The van der Waals surface area contributed by atoms with E-state index in [1.54, 1.807) is 6.07 Å². The second kappa shape index (κ2) is 8.99. The zero-order chi connectivity index (χ0) is 21.9. The van der Waals surface area contributed by atoms with Gasteiger partial charge in [0.25, 0.3) is 0 Å². The summed E-state index contributed by atoms with van der Waals surface area (Å²) in [5.74, 6) is 0.594. The quantitative estimate of drug-likeness (QED) is 0.419. The van der Waals surface area contributed by atoms with Gasteiger partial charge in [0, 0.05) is 24.0 Å². The Hall–Kier alpha value is -3.41. The molecule has 1 aliphatic rings. The van der Waals surface area contributed by atoms with Crippen molar-refractivity contribution in [2.24, 2.45) is 0 Å². The van der Waals surface area contributed by atoms with E-state index < -0.39 is 6.10 Å². The monoisotopic (exact) mass is 426 g/mol. The van der Waals surface area contributed by atoms with Crippen molar-refractivity contribution in [3.05, 3.63) is 111 Å². The van der Waals surface area contributed by atoms with Gasteiger partial charge >= 0.3 is 0 Å². The lowest BCUT2D eigenvalue weighted by Gasteiger charge is -2.19. The molecule has 5 heteroatoms. The minimum atomic E-state index is -0.699. The Morgan fingerprint density at radius 3 is 2.41 bits per heavy atom. The summed E-state index contributed by atoms with van der Waals surface area (Å²) in [6, 6.07) is 25.7. The summed E-state index contributed by atoms with van der Waals surface area (Å²) in [6.07, 6.45) is 1.25. The van der Waals surface area contributed by atoms with E-state index in [9.17, 15) is 9.90 Å². The third-order valence-electron chi connectivity index (χ3n) is 6.14. The number of fused-ring (bicyclic) bond motifs is 2. The first-order chi connectivity index (χ1) is 15.7. The molecular formula is C27H26N2O3. The fourth-order valence-corrected chi connectivity index (χ4v) is 4.49. The van der Waals surface area contributed by atoms with E-state index in [-0.39, 0.29) is 5.56 Å². The van der Waals surface area contributed by atoms with Crippen molar-refractivity contribution in [1.29, 1.82) is 0 Å². The molecule has 0 spiro atoms. The molecule has 1 atom stereocenters. The molecule has 1 heterocycles. The molecule has 0 radical (unpaired) electrons. The van der Waals surface area contributed by atoms with E-state index in [0.29, 0.717) is 30.5 Å². The average Bonchev–Trinajstić information content (AvgIpc) is 3.24. The summed E-state index contributed by atoms with van der Waals surface area (Å²) < 4.78 is 6.00. The Morgan fingerprint density at radius 2 is 1.66 bits per heavy atom. The van der Waals surface area contributed by atoms with Gasteiger partial charge in [-0.3, -0.25) is 4.79 Å². The third kappa shape index (κ3) is 4.31.